The van der Waals surface area contributed by atoms with Crippen LogP contribution in [-0.2, 0) is 4.79 Å². The van der Waals surface area contributed by atoms with Crippen LogP contribution in [0.15, 0.2) is 0 Å². The van der Waals surface area contributed by atoms with Gasteiger partial charge in [-0.2, -0.15) is 0 Å². The summed E-state index contributed by atoms with van der Waals surface area (Å²) in [5, 5.41) is 2.62. The second-order valence-electron chi connectivity index (χ2n) is 1.90. The summed E-state index contributed by atoms with van der Waals surface area (Å²) in [4.78, 5) is 10.3. The summed E-state index contributed by atoms with van der Waals surface area (Å²) < 4.78 is 11.4. The number of nitrogens with one attached hydrogen (secondary N) is 1. The molecule has 60 valence electrons. The monoisotopic (exact) mass is 149 g/mol. The lowest BCUT2D eigenvalue weighted by Gasteiger charge is -2.06. The highest BCUT2D eigenvalue weighted by Gasteiger charge is 2.06. The van der Waals surface area contributed by atoms with Crippen molar-refractivity contribution >= 4 is 5.91 Å². The van der Waals surface area contributed by atoms with Gasteiger partial charge in [-0.05, 0) is 0 Å². The van der Waals surface area contributed by atoms with Gasteiger partial charge in [0.05, 0.1) is 6.04 Å². The molecule has 1 atom stereocenters. The molecule has 5 N–H and O–H groups in total. The summed E-state index contributed by atoms with van der Waals surface area (Å²) in [6.45, 7) is -0.0221. The lowest BCUT2D eigenvalue weighted by molar-refractivity contribution is -0.119. The summed E-state index contributed by atoms with van der Waals surface area (Å²) in [6, 6.07) is -0.716. The van der Waals surface area contributed by atoms with Crippen LogP contribution in [0.25, 0.3) is 0 Å². The van der Waals surface area contributed by atoms with Crippen LogP contribution in [0.3, 0.4) is 0 Å². The van der Waals surface area contributed by atoms with E-state index in [1.54, 1.807) is 0 Å². The molecule has 0 aliphatic carbocycles. The van der Waals surface area contributed by atoms with E-state index in [0.29, 0.717) is 0 Å². The first-order chi connectivity index (χ1) is 4.68. The fourth-order valence-corrected chi connectivity index (χ4v) is 0.425. The SMILES string of the molecule is NC(=O)C(N)CNCCF. The van der Waals surface area contributed by atoms with Gasteiger partial charge in [0.2, 0.25) is 5.91 Å². The Labute approximate surface area is 58.8 Å². The maximum Gasteiger partial charge on any atom is 0.235 e. The van der Waals surface area contributed by atoms with Crippen molar-refractivity contribution in [1.29, 1.82) is 0 Å². The molecule has 0 aromatic heterocycles. The Morgan fingerprint density at radius 3 is 2.70 bits per heavy atom. The number of carbonyl (C=O) groups is 1. The Kier molecular flexibility index (Phi) is 4.78. The van der Waals surface area contributed by atoms with E-state index in [1.807, 2.05) is 0 Å². The van der Waals surface area contributed by atoms with Crippen LogP contribution in [-0.4, -0.2) is 31.7 Å². The zero-order valence-electron chi connectivity index (χ0n) is 5.64. The lowest BCUT2D eigenvalue weighted by atomic mass is 10.3. The largest absolute Gasteiger partial charge is 0.368 e. The molecule has 0 heterocycles. The van der Waals surface area contributed by atoms with E-state index >= 15 is 0 Å². The third kappa shape index (κ3) is 4.22. The Balaban J connectivity index is 3.21. The molecule has 4 nitrogen and oxygen atoms in total. The van der Waals surface area contributed by atoms with Gasteiger partial charge in [-0.15, -0.1) is 0 Å². The van der Waals surface area contributed by atoms with Crippen LogP contribution in [0.2, 0.25) is 0 Å². The molecule has 5 heteroatoms. The van der Waals surface area contributed by atoms with Crippen molar-refractivity contribution in [2.75, 3.05) is 19.8 Å². The normalized spacial score (nSPS) is 13.0. The Hall–Kier alpha value is -0.680. The number of hydrogen-bond acceptors (Lipinski definition) is 3. The average molecular weight is 149 g/mol. The molecular formula is C5H12FN3O. The van der Waals surface area contributed by atoms with Crippen molar-refractivity contribution < 1.29 is 9.18 Å². The number of carbonyl (C=O) groups excluding carboxylic acids is 1. The molecule has 0 rings (SSSR count). The molecule has 0 aromatic rings. The number of alkyl halides is 1. The van der Waals surface area contributed by atoms with Gasteiger partial charge in [-0.25, -0.2) is 4.39 Å². The maximum absolute atomic E-state index is 11.4. The second kappa shape index (κ2) is 5.13. The van der Waals surface area contributed by atoms with Crippen LogP contribution >= 0.6 is 0 Å². The minimum Gasteiger partial charge on any atom is -0.368 e. The Morgan fingerprint density at radius 2 is 2.30 bits per heavy atom. The molecule has 0 aliphatic rings. The molecule has 0 saturated carbocycles. The minimum absolute atomic E-state index is 0.209. The summed E-state index contributed by atoms with van der Waals surface area (Å²) >= 11 is 0. The zero-order valence-corrected chi connectivity index (χ0v) is 5.64. The summed E-state index contributed by atoms with van der Waals surface area (Å²) in [6.07, 6.45) is 0. The molecule has 0 bridgehead atoms. The first-order valence-electron chi connectivity index (χ1n) is 3.00. The molecule has 0 saturated heterocycles. The van der Waals surface area contributed by atoms with E-state index in [2.05, 4.69) is 5.32 Å². The van der Waals surface area contributed by atoms with E-state index < -0.39 is 18.6 Å². The molecule has 1 unspecified atom stereocenters. The van der Waals surface area contributed by atoms with Crippen LogP contribution in [0.5, 0.6) is 0 Å². The van der Waals surface area contributed by atoms with Crippen LogP contribution in [0.1, 0.15) is 0 Å². The molecule has 10 heavy (non-hydrogen) atoms. The summed E-state index contributed by atoms with van der Waals surface area (Å²) in [5.74, 6) is -0.577. The number of rotatable bonds is 5. The number of amides is 1. The third-order valence-electron chi connectivity index (χ3n) is 1.00. The van der Waals surface area contributed by atoms with Gasteiger partial charge >= 0.3 is 0 Å². The van der Waals surface area contributed by atoms with Crippen molar-refractivity contribution in [3.8, 4) is 0 Å². The summed E-state index contributed by atoms with van der Waals surface area (Å²) in [7, 11) is 0. The highest BCUT2D eigenvalue weighted by atomic mass is 19.1. The standard InChI is InChI=1S/C5H12FN3O/c6-1-2-9-3-4(7)5(8)10/h4,9H,1-3,7H2,(H2,8,10). The predicted molar refractivity (Wildman–Crippen MR) is 36.0 cm³/mol. The van der Waals surface area contributed by atoms with E-state index in [-0.39, 0.29) is 13.1 Å². The van der Waals surface area contributed by atoms with E-state index in [0.717, 1.165) is 0 Å². The van der Waals surface area contributed by atoms with Gasteiger partial charge < -0.3 is 16.8 Å². The van der Waals surface area contributed by atoms with Crippen molar-refractivity contribution in [1.82, 2.24) is 5.32 Å². The number of nitrogens with two attached hydrogens (primary N) is 2. The molecule has 0 spiro atoms. The Morgan fingerprint density at radius 1 is 1.70 bits per heavy atom. The van der Waals surface area contributed by atoms with Gasteiger partial charge in [0.15, 0.2) is 0 Å². The molecule has 1 amide bonds. The molecular weight excluding hydrogens is 137 g/mol. The minimum atomic E-state index is -0.716. The number of halogens is 1. The fraction of sp³-hybridized carbons (Fsp3) is 0.800. The average Bonchev–Trinajstić information content (AvgIpc) is 1.88. The fourth-order valence-electron chi connectivity index (χ4n) is 0.425. The van der Waals surface area contributed by atoms with Crippen LogP contribution in [0, 0.1) is 0 Å². The number of hydrogen-bond donors (Lipinski definition) is 3. The maximum atomic E-state index is 11.4. The quantitative estimate of drug-likeness (QED) is 0.410. The van der Waals surface area contributed by atoms with Gasteiger partial charge in [-0.1, -0.05) is 0 Å². The van der Waals surface area contributed by atoms with Crippen LogP contribution < -0.4 is 16.8 Å². The first-order valence-corrected chi connectivity index (χ1v) is 3.00. The van der Waals surface area contributed by atoms with E-state index in [9.17, 15) is 9.18 Å². The Bertz CT molecular complexity index is 109. The molecule has 0 fully saturated rings. The van der Waals surface area contributed by atoms with Gasteiger partial charge in [0, 0.05) is 13.1 Å². The second-order valence-corrected chi connectivity index (χ2v) is 1.90. The number of primary amides is 1. The molecule has 0 aromatic carbocycles. The van der Waals surface area contributed by atoms with Crippen molar-refractivity contribution in [3.05, 3.63) is 0 Å². The van der Waals surface area contributed by atoms with Crippen molar-refractivity contribution in [2.45, 2.75) is 6.04 Å². The zero-order chi connectivity index (χ0) is 7.98. The third-order valence-corrected chi connectivity index (χ3v) is 1.00. The van der Waals surface area contributed by atoms with E-state index in [1.165, 1.54) is 0 Å². The predicted octanol–water partition coefficient (Wildman–Crippen LogP) is -1.64. The van der Waals surface area contributed by atoms with E-state index in [4.69, 9.17) is 11.5 Å². The first kappa shape index (κ1) is 9.32. The summed E-state index contributed by atoms with van der Waals surface area (Å²) in [5.41, 5.74) is 10.0. The smallest absolute Gasteiger partial charge is 0.235 e. The van der Waals surface area contributed by atoms with Gasteiger partial charge in [0.25, 0.3) is 0 Å². The topological polar surface area (TPSA) is 81.1 Å². The van der Waals surface area contributed by atoms with Gasteiger partial charge in [-0.3, -0.25) is 4.79 Å². The highest BCUT2D eigenvalue weighted by Crippen LogP contribution is 1.72. The highest BCUT2D eigenvalue weighted by molar-refractivity contribution is 5.79. The van der Waals surface area contributed by atoms with Crippen molar-refractivity contribution in [2.24, 2.45) is 11.5 Å². The van der Waals surface area contributed by atoms with Crippen LogP contribution in [0.4, 0.5) is 4.39 Å². The molecule has 0 aliphatic heterocycles. The molecule has 0 radical (unpaired) electrons. The van der Waals surface area contributed by atoms with Crippen molar-refractivity contribution in [3.63, 3.8) is 0 Å². The van der Waals surface area contributed by atoms with Gasteiger partial charge in [0.1, 0.15) is 6.67 Å². The lowest BCUT2D eigenvalue weighted by Crippen LogP contribution is -2.44.